The third-order valence-electron chi connectivity index (χ3n) is 3.64. The van der Waals surface area contributed by atoms with E-state index in [0.29, 0.717) is 11.4 Å². The van der Waals surface area contributed by atoms with Gasteiger partial charge in [-0.3, -0.25) is 5.10 Å². The third kappa shape index (κ3) is 4.42. The number of aromatic amines is 1. The van der Waals surface area contributed by atoms with Crippen molar-refractivity contribution in [3.8, 4) is 5.75 Å². The minimum Gasteiger partial charge on any atom is -0.489 e. The van der Waals surface area contributed by atoms with Gasteiger partial charge in [-0.2, -0.15) is 14.9 Å². The Kier molecular flexibility index (Phi) is 5.40. The van der Waals surface area contributed by atoms with Gasteiger partial charge in [-0.05, 0) is 47.6 Å². The molecule has 0 saturated heterocycles. The molecular weight excluding hydrogens is 332 g/mol. The van der Waals surface area contributed by atoms with Crippen LogP contribution in [-0.2, 0) is 6.61 Å². The van der Waals surface area contributed by atoms with Crippen LogP contribution in [0.5, 0.6) is 5.75 Å². The molecule has 0 aliphatic carbocycles. The highest BCUT2D eigenvalue weighted by Crippen LogP contribution is 2.14. The summed E-state index contributed by atoms with van der Waals surface area (Å²) < 4.78 is 7.93. The number of rotatable bonds is 6. The van der Waals surface area contributed by atoms with Crippen molar-refractivity contribution in [3.05, 3.63) is 76.3 Å². The highest BCUT2D eigenvalue weighted by Gasteiger charge is 2.08. The van der Waals surface area contributed by atoms with Crippen LogP contribution in [0.2, 0.25) is 0 Å². The first-order valence-electron chi connectivity index (χ1n) is 8.12. The van der Waals surface area contributed by atoms with E-state index in [9.17, 15) is 0 Å². The Bertz CT molecular complexity index is 895. The van der Waals surface area contributed by atoms with Crippen molar-refractivity contribution >= 4 is 18.4 Å². The van der Waals surface area contributed by atoms with E-state index >= 15 is 0 Å². The van der Waals surface area contributed by atoms with Crippen LogP contribution >= 0.6 is 12.2 Å². The third-order valence-corrected chi connectivity index (χ3v) is 3.91. The second-order valence-corrected chi connectivity index (χ2v) is 6.33. The number of hydrogen-bond acceptors (Lipinski definition) is 4. The smallest absolute Gasteiger partial charge is 0.216 e. The van der Waals surface area contributed by atoms with Crippen LogP contribution in [0.25, 0.3) is 0 Å². The van der Waals surface area contributed by atoms with Crippen LogP contribution in [-0.4, -0.2) is 21.1 Å². The number of aromatic nitrogens is 3. The Morgan fingerprint density at radius 2 is 1.88 bits per heavy atom. The van der Waals surface area contributed by atoms with E-state index in [1.54, 1.807) is 10.9 Å². The zero-order valence-corrected chi connectivity index (χ0v) is 15.0. The minimum absolute atomic E-state index is 0.235. The highest BCUT2D eigenvalue weighted by atomic mass is 32.1. The van der Waals surface area contributed by atoms with Gasteiger partial charge in [0, 0.05) is 5.92 Å². The molecule has 0 unspecified atom stereocenters. The van der Waals surface area contributed by atoms with Crippen LogP contribution in [0.15, 0.2) is 59.7 Å². The molecule has 0 radical (unpaired) electrons. The van der Waals surface area contributed by atoms with Crippen LogP contribution in [0.4, 0.5) is 0 Å². The van der Waals surface area contributed by atoms with Gasteiger partial charge in [0.05, 0.1) is 6.21 Å². The Hall–Kier alpha value is -2.73. The van der Waals surface area contributed by atoms with E-state index < -0.39 is 0 Å². The second-order valence-electron chi connectivity index (χ2n) is 5.94. The largest absolute Gasteiger partial charge is 0.489 e. The van der Waals surface area contributed by atoms with E-state index in [2.05, 4.69) is 29.1 Å². The van der Waals surface area contributed by atoms with Crippen molar-refractivity contribution in [2.45, 2.75) is 26.4 Å². The van der Waals surface area contributed by atoms with Gasteiger partial charge in [-0.1, -0.05) is 44.2 Å². The van der Waals surface area contributed by atoms with Crippen molar-refractivity contribution in [1.82, 2.24) is 14.9 Å². The molecule has 3 aromatic rings. The summed E-state index contributed by atoms with van der Waals surface area (Å²) in [6.07, 6.45) is 1.76. The van der Waals surface area contributed by atoms with Crippen molar-refractivity contribution in [1.29, 1.82) is 0 Å². The predicted octanol–water partition coefficient (Wildman–Crippen LogP) is 4.53. The zero-order chi connectivity index (χ0) is 17.6. The molecule has 0 aliphatic heterocycles. The molecule has 1 aromatic heterocycles. The van der Waals surface area contributed by atoms with Crippen LogP contribution in [0, 0.1) is 4.77 Å². The van der Waals surface area contributed by atoms with Crippen molar-refractivity contribution in [2.75, 3.05) is 0 Å². The summed E-state index contributed by atoms with van der Waals surface area (Å²) in [6.45, 7) is 4.65. The van der Waals surface area contributed by atoms with E-state index in [1.165, 1.54) is 0 Å². The average Bonchev–Trinajstić information content (AvgIpc) is 3.01. The van der Waals surface area contributed by atoms with Gasteiger partial charge in [0.2, 0.25) is 4.77 Å². The van der Waals surface area contributed by atoms with Gasteiger partial charge in [0.1, 0.15) is 12.4 Å². The lowest BCUT2D eigenvalue weighted by atomic mass is 10.2. The van der Waals surface area contributed by atoms with Gasteiger partial charge < -0.3 is 4.74 Å². The minimum atomic E-state index is 0.235. The topological polar surface area (TPSA) is 55.2 Å². The summed E-state index contributed by atoms with van der Waals surface area (Å²) in [7, 11) is 0. The summed E-state index contributed by atoms with van der Waals surface area (Å²) in [5.41, 5.74) is 2.11. The predicted molar refractivity (Wildman–Crippen MR) is 102 cm³/mol. The first kappa shape index (κ1) is 17.1. The van der Waals surface area contributed by atoms with Crippen molar-refractivity contribution < 1.29 is 4.74 Å². The molecule has 128 valence electrons. The van der Waals surface area contributed by atoms with E-state index in [4.69, 9.17) is 17.0 Å². The molecule has 25 heavy (non-hydrogen) atoms. The molecule has 0 atom stereocenters. The molecule has 2 aromatic carbocycles. The average molecular weight is 352 g/mol. The van der Waals surface area contributed by atoms with Gasteiger partial charge in [0.25, 0.3) is 0 Å². The fourth-order valence-electron chi connectivity index (χ4n) is 2.30. The lowest BCUT2D eigenvalue weighted by Gasteiger charge is -2.06. The van der Waals surface area contributed by atoms with Crippen LogP contribution in [0.3, 0.4) is 0 Å². The molecule has 0 saturated carbocycles. The van der Waals surface area contributed by atoms with Gasteiger partial charge in [0.15, 0.2) is 5.82 Å². The highest BCUT2D eigenvalue weighted by molar-refractivity contribution is 7.71. The normalized spacial score (nSPS) is 11.3. The number of H-pyrrole nitrogens is 1. The monoisotopic (exact) mass is 352 g/mol. The molecule has 0 spiro atoms. The summed E-state index contributed by atoms with van der Waals surface area (Å²) in [6, 6.07) is 17.9. The number of nitrogens with zero attached hydrogens (tertiary/aromatic N) is 3. The standard InChI is InChI=1S/C19H20N4OS/c1-14(2)18-21-22-19(25)23(18)20-12-15-8-10-17(11-9-15)24-13-16-6-4-3-5-7-16/h3-12,14H,13H2,1-2H3,(H,22,25)/b20-12+. The van der Waals surface area contributed by atoms with Gasteiger partial charge in [-0.25, -0.2) is 0 Å². The molecule has 0 fully saturated rings. The summed E-state index contributed by atoms with van der Waals surface area (Å²) in [4.78, 5) is 0. The first-order chi connectivity index (χ1) is 12.1. The van der Waals surface area contributed by atoms with E-state index in [0.717, 1.165) is 22.7 Å². The van der Waals surface area contributed by atoms with E-state index in [1.807, 2.05) is 54.6 Å². The maximum atomic E-state index is 5.79. The Balaban J connectivity index is 1.67. The molecule has 0 amide bonds. The van der Waals surface area contributed by atoms with Crippen molar-refractivity contribution in [2.24, 2.45) is 5.10 Å². The number of nitrogens with one attached hydrogen (secondary N) is 1. The Labute approximate surface area is 152 Å². The molecular formula is C19H20N4OS. The second kappa shape index (κ2) is 7.90. The summed E-state index contributed by atoms with van der Waals surface area (Å²) in [5, 5.41) is 11.4. The molecule has 0 aliphatic rings. The maximum Gasteiger partial charge on any atom is 0.216 e. The fraction of sp³-hybridized carbons (Fsp3) is 0.211. The quantitative estimate of drug-likeness (QED) is 0.524. The Morgan fingerprint density at radius 3 is 2.56 bits per heavy atom. The first-order valence-corrected chi connectivity index (χ1v) is 8.53. The SMILES string of the molecule is CC(C)c1n[nH]c(=S)n1/N=C/c1ccc(OCc2ccccc2)cc1. The fourth-order valence-corrected chi connectivity index (χ4v) is 2.49. The maximum absolute atomic E-state index is 5.79. The van der Waals surface area contributed by atoms with Crippen LogP contribution in [0.1, 0.15) is 36.7 Å². The van der Waals surface area contributed by atoms with Crippen LogP contribution < -0.4 is 4.74 Å². The summed E-state index contributed by atoms with van der Waals surface area (Å²) >= 11 is 5.22. The Morgan fingerprint density at radius 1 is 1.16 bits per heavy atom. The molecule has 1 N–H and O–H groups in total. The molecule has 1 heterocycles. The lowest BCUT2D eigenvalue weighted by molar-refractivity contribution is 0.306. The van der Waals surface area contributed by atoms with E-state index in [-0.39, 0.29) is 5.92 Å². The van der Waals surface area contributed by atoms with Crippen molar-refractivity contribution in [3.63, 3.8) is 0 Å². The number of benzene rings is 2. The number of ether oxygens (including phenoxy) is 1. The zero-order valence-electron chi connectivity index (χ0n) is 14.2. The van der Waals surface area contributed by atoms with Gasteiger partial charge >= 0.3 is 0 Å². The number of hydrogen-bond donors (Lipinski definition) is 1. The van der Waals surface area contributed by atoms with Gasteiger partial charge in [-0.15, -0.1) is 0 Å². The summed E-state index contributed by atoms with van der Waals surface area (Å²) in [5.74, 6) is 1.87. The molecule has 3 rings (SSSR count). The molecule has 6 heteroatoms. The molecule has 0 bridgehead atoms. The molecule has 5 nitrogen and oxygen atoms in total. The lowest BCUT2D eigenvalue weighted by Crippen LogP contribution is -2.01.